The SMILES string of the molecule is CC(C)n1c(=O)n(C2CCC(=O)NC2=O)c2ccc(N3CCC(CN4CCC(O)CC4)CC3)cc21. The summed E-state index contributed by atoms with van der Waals surface area (Å²) in [6, 6.07) is 5.38. The molecule has 5 rings (SSSR count). The van der Waals surface area contributed by atoms with Gasteiger partial charge < -0.3 is 14.9 Å². The summed E-state index contributed by atoms with van der Waals surface area (Å²) < 4.78 is 3.34. The fourth-order valence-corrected chi connectivity index (χ4v) is 6.00. The first kappa shape index (κ1) is 24.1. The molecule has 1 unspecified atom stereocenters. The highest BCUT2D eigenvalue weighted by atomic mass is 16.3. The quantitative estimate of drug-likeness (QED) is 0.632. The maximum absolute atomic E-state index is 13.4. The number of nitrogens with zero attached hydrogens (tertiary/aromatic N) is 4. The number of hydrogen-bond acceptors (Lipinski definition) is 6. The van der Waals surface area contributed by atoms with E-state index in [0.29, 0.717) is 12.3 Å². The molecule has 0 bridgehead atoms. The van der Waals surface area contributed by atoms with Gasteiger partial charge in [-0.3, -0.25) is 24.0 Å². The zero-order chi connectivity index (χ0) is 24.7. The molecule has 0 spiro atoms. The highest BCUT2D eigenvalue weighted by Gasteiger charge is 2.32. The van der Waals surface area contributed by atoms with Crippen LogP contribution in [0.4, 0.5) is 5.69 Å². The molecule has 0 radical (unpaired) electrons. The Morgan fingerprint density at radius 1 is 0.971 bits per heavy atom. The third-order valence-electron chi connectivity index (χ3n) is 7.98. The van der Waals surface area contributed by atoms with E-state index in [9.17, 15) is 19.5 Å². The molecule has 3 saturated heterocycles. The number of aliphatic hydroxyl groups excluding tert-OH is 1. The van der Waals surface area contributed by atoms with Gasteiger partial charge in [-0.1, -0.05) is 0 Å². The van der Waals surface area contributed by atoms with Crippen molar-refractivity contribution < 1.29 is 14.7 Å². The van der Waals surface area contributed by atoms with Gasteiger partial charge in [0.05, 0.1) is 17.1 Å². The molecule has 9 heteroatoms. The number of amides is 2. The van der Waals surface area contributed by atoms with Crippen molar-refractivity contribution in [3.8, 4) is 0 Å². The van der Waals surface area contributed by atoms with Gasteiger partial charge in [0.1, 0.15) is 6.04 Å². The monoisotopic (exact) mass is 483 g/mol. The van der Waals surface area contributed by atoms with Crippen LogP contribution in [0.1, 0.15) is 64.5 Å². The van der Waals surface area contributed by atoms with Crippen molar-refractivity contribution in [2.45, 2.75) is 70.6 Å². The Morgan fingerprint density at radius 2 is 1.69 bits per heavy atom. The lowest BCUT2D eigenvalue weighted by atomic mass is 9.94. The van der Waals surface area contributed by atoms with Crippen LogP contribution in [0, 0.1) is 5.92 Å². The number of hydrogen-bond donors (Lipinski definition) is 2. The Kier molecular flexibility index (Phi) is 6.72. The molecule has 2 amide bonds. The lowest BCUT2D eigenvalue weighted by molar-refractivity contribution is -0.135. The average Bonchev–Trinajstić information content (AvgIpc) is 3.12. The first-order valence-corrected chi connectivity index (χ1v) is 13.1. The van der Waals surface area contributed by atoms with E-state index in [1.54, 1.807) is 9.13 Å². The number of imidazole rings is 1. The molecule has 3 aliphatic heterocycles. The van der Waals surface area contributed by atoms with Gasteiger partial charge in [-0.2, -0.15) is 0 Å². The second-order valence-corrected chi connectivity index (χ2v) is 10.7. The number of nitrogens with one attached hydrogen (secondary N) is 1. The molecule has 35 heavy (non-hydrogen) atoms. The number of carbonyl (C=O) groups excluding carboxylic acids is 2. The van der Waals surface area contributed by atoms with Gasteiger partial charge in [0.2, 0.25) is 11.8 Å². The second-order valence-electron chi connectivity index (χ2n) is 10.7. The van der Waals surface area contributed by atoms with E-state index >= 15 is 0 Å². The fourth-order valence-electron chi connectivity index (χ4n) is 6.00. The number of anilines is 1. The number of benzene rings is 1. The molecular formula is C26H37N5O4. The van der Waals surface area contributed by atoms with Crippen molar-refractivity contribution in [2.24, 2.45) is 5.92 Å². The van der Waals surface area contributed by atoms with E-state index in [0.717, 1.165) is 75.1 Å². The van der Waals surface area contributed by atoms with Gasteiger partial charge in [0.25, 0.3) is 0 Å². The van der Waals surface area contributed by atoms with Crippen molar-refractivity contribution in [1.29, 1.82) is 0 Å². The Morgan fingerprint density at radius 3 is 2.34 bits per heavy atom. The van der Waals surface area contributed by atoms with Crippen molar-refractivity contribution in [3.63, 3.8) is 0 Å². The smallest absolute Gasteiger partial charge is 0.330 e. The molecule has 3 fully saturated rings. The van der Waals surface area contributed by atoms with Crippen LogP contribution in [0.2, 0.25) is 0 Å². The zero-order valence-corrected chi connectivity index (χ0v) is 20.8. The predicted molar refractivity (Wildman–Crippen MR) is 135 cm³/mol. The number of fused-ring (bicyclic) bond motifs is 1. The van der Waals surface area contributed by atoms with E-state index < -0.39 is 11.9 Å². The third-order valence-corrected chi connectivity index (χ3v) is 7.98. The van der Waals surface area contributed by atoms with Crippen LogP contribution in [0.15, 0.2) is 23.0 Å². The minimum Gasteiger partial charge on any atom is -0.393 e. The van der Waals surface area contributed by atoms with Gasteiger partial charge in [-0.25, -0.2) is 4.79 Å². The summed E-state index contributed by atoms with van der Waals surface area (Å²) >= 11 is 0. The van der Waals surface area contributed by atoms with Crippen LogP contribution in [0.3, 0.4) is 0 Å². The van der Waals surface area contributed by atoms with Crippen LogP contribution in [-0.2, 0) is 9.59 Å². The van der Waals surface area contributed by atoms with Crippen molar-refractivity contribution in [2.75, 3.05) is 37.6 Å². The molecule has 9 nitrogen and oxygen atoms in total. The maximum Gasteiger partial charge on any atom is 0.330 e. The van der Waals surface area contributed by atoms with E-state index in [1.165, 1.54) is 0 Å². The van der Waals surface area contributed by atoms with Crippen molar-refractivity contribution in [3.05, 3.63) is 28.7 Å². The van der Waals surface area contributed by atoms with Crippen molar-refractivity contribution >= 4 is 28.5 Å². The molecule has 1 aromatic heterocycles. The van der Waals surface area contributed by atoms with Crippen LogP contribution in [-0.4, -0.2) is 69.8 Å². The molecule has 190 valence electrons. The third kappa shape index (κ3) is 4.76. The summed E-state index contributed by atoms with van der Waals surface area (Å²) in [4.78, 5) is 42.5. The Hall–Kier alpha value is -2.65. The summed E-state index contributed by atoms with van der Waals surface area (Å²) in [5, 5.41) is 12.1. The first-order valence-electron chi connectivity index (χ1n) is 13.1. The molecule has 2 N–H and O–H groups in total. The van der Waals surface area contributed by atoms with E-state index in [-0.39, 0.29) is 30.2 Å². The fraction of sp³-hybridized carbons (Fsp3) is 0.654. The molecule has 0 aliphatic carbocycles. The topological polar surface area (TPSA) is 99.8 Å². The Bertz CT molecular complexity index is 1150. The van der Waals surface area contributed by atoms with Gasteiger partial charge in [-0.05, 0) is 70.1 Å². The van der Waals surface area contributed by atoms with E-state index in [2.05, 4.69) is 27.2 Å². The second kappa shape index (κ2) is 9.78. The van der Waals surface area contributed by atoms with E-state index in [4.69, 9.17) is 0 Å². The summed E-state index contributed by atoms with van der Waals surface area (Å²) in [5.74, 6) is -0.0105. The summed E-state index contributed by atoms with van der Waals surface area (Å²) in [7, 11) is 0. The van der Waals surface area contributed by atoms with Crippen LogP contribution >= 0.6 is 0 Å². The standard InChI is InChI=1S/C26H37N5O4/c1-17(2)30-23-15-19(29-13-7-18(8-14-29)16-28-11-9-20(32)10-12-28)3-4-21(23)31(26(30)35)22-5-6-24(33)27-25(22)34/h3-4,15,17-18,20,22,32H,5-14,16H2,1-2H3,(H,27,33,34). The Labute approximate surface area is 205 Å². The number of carbonyl (C=O) groups is 2. The number of imide groups is 1. The van der Waals surface area contributed by atoms with Crippen LogP contribution < -0.4 is 15.9 Å². The van der Waals surface area contributed by atoms with Crippen LogP contribution in [0.5, 0.6) is 0 Å². The van der Waals surface area contributed by atoms with E-state index in [1.807, 2.05) is 19.9 Å². The number of piperidine rings is 3. The van der Waals surface area contributed by atoms with Gasteiger partial charge in [-0.15, -0.1) is 0 Å². The number of likely N-dealkylation sites (tertiary alicyclic amines) is 1. The average molecular weight is 484 g/mol. The molecule has 1 aromatic carbocycles. The first-order chi connectivity index (χ1) is 16.8. The maximum atomic E-state index is 13.4. The normalized spacial score (nSPS) is 23.4. The minimum atomic E-state index is -0.666. The minimum absolute atomic E-state index is 0.0522. The van der Waals surface area contributed by atoms with Gasteiger partial charge >= 0.3 is 5.69 Å². The lowest BCUT2D eigenvalue weighted by Gasteiger charge is -2.37. The number of aliphatic hydroxyl groups is 1. The largest absolute Gasteiger partial charge is 0.393 e. The van der Waals surface area contributed by atoms with Gasteiger partial charge in [0.15, 0.2) is 0 Å². The molecule has 4 heterocycles. The molecule has 2 aromatic rings. The van der Waals surface area contributed by atoms with Gasteiger partial charge in [0, 0.05) is 50.9 Å². The number of rotatable bonds is 5. The summed E-state index contributed by atoms with van der Waals surface area (Å²) in [6.07, 6.45) is 4.48. The molecule has 0 saturated carbocycles. The lowest BCUT2D eigenvalue weighted by Crippen LogP contribution is -2.44. The number of aromatic nitrogens is 2. The highest BCUT2D eigenvalue weighted by Crippen LogP contribution is 2.30. The molecular weight excluding hydrogens is 446 g/mol. The highest BCUT2D eigenvalue weighted by molar-refractivity contribution is 6.00. The zero-order valence-electron chi connectivity index (χ0n) is 20.8. The molecule has 3 aliphatic rings. The summed E-state index contributed by atoms with van der Waals surface area (Å²) in [6.45, 7) is 9.02. The predicted octanol–water partition coefficient (Wildman–Crippen LogP) is 2.03. The summed E-state index contributed by atoms with van der Waals surface area (Å²) in [5.41, 5.74) is 2.48. The van der Waals surface area contributed by atoms with Crippen LogP contribution in [0.25, 0.3) is 11.0 Å². The molecule has 1 atom stereocenters. The Balaban J connectivity index is 1.35. The van der Waals surface area contributed by atoms with Crippen molar-refractivity contribution in [1.82, 2.24) is 19.4 Å².